The molecule has 35 heavy (non-hydrogen) atoms. The number of ether oxygens (including phenoxy) is 3. The average Bonchev–Trinajstić information content (AvgIpc) is 3.26. The van der Waals surface area contributed by atoms with Crippen molar-refractivity contribution < 1.29 is 23.8 Å². The summed E-state index contributed by atoms with van der Waals surface area (Å²) in [5.41, 5.74) is 3.65. The average molecular weight is 476 g/mol. The highest BCUT2D eigenvalue weighted by Crippen LogP contribution is 2.34. The molecule has 182 valence electrons. The predicted molar refractivity (Wildman–Crippen MR) is 132 cm³/mol. The van der Waals surface area contributed by atoms with Gasteiger partial charge in [0, 0.05) is 43.5 Å². The highest BCUT2D eigenvalue weighted by Gasteiger charge is 2.35. The molecule has 0 aliphatic carbocycles. The number of anilines is 1. The molecular weight excluding hydrogens is 446 g/mol. The molecule has 3 aromatic rings. The van der Waals surface area contributed by atoms with E-state index in [1.807, 2.05) is 38.1 Å². The van der Waals surface area contributed by atoms with E-state index in [2.05, 4.69) is 10.3 Å². The van der Waals surface area contributed by atoms with Crippen molar-refractivity contribution >= 4 is 17.5 Å². The summed E-state index contributed by atoms with van der Waals surface area (Å²) in [7, 11) is 3.10. The van der Waals surface area contributed by atoms with Gasteiger partial charge in [-0.15, -0.1) is 0 Å². The van der Waals surface area contributed by atoms with Gasteiger partial charge in [-0.1, -0.05) is 18.2 Å². The van der Waals surface area contributed by atoms with E-state index in [-0.39, 0.29) is 18.2 Å². The Morgan fingerprint density at radius 3 is 2.54 bits per heavy atom. The lowest BCUT2D eigenvalue weighted by molar-refractivity contribution is -0.126. The number of benzene rings is 2. The molecule has 0 saturated carbocycles. The van der Waals surface area contributed by atoms with Crippen LogP contribution in [-0.4, -0.2) is 37.6 Å². The molecule has 1 aliphatic heterocycles. The van der Waals surface area contributed by atoms with Gasteiger partial charge < -0.3 is 24.4 Å². The predicted octanol–water partition coefficient (Wildman–Crippen LogP) is 4.18. The Morgan fingerprint density at radius 1 is 1.03 bits per heavy atom. The maximum absolute atomic E-state index is 12.8. The van der Waals surface area contributed by atoms with E-state index in [1.54, 1.807) is 49.6 Å². The molecule has 2 amide bonds. The summed E-state index contributed by atoms with van der Waals surface area (Å²) >= 11 is 0. The minimum atomic E-state index is -0.435. The summed E-state index contributed by atoms with van der Waals surface area (Å²) in [6.45, 7) is 4.62. The highest BCUT2D eigenvalue weighted by atomic mass is 16.5. The van der Waals surface area contributed by atoms with E-state index >= 15 is 0 Å². The molecule has 1 unspecified atom stereocenters. The Bertz CT molecular complexity index is 1230. The van der Waals surface area contributed by atoms with E-state index in [4.69, 9.17) is 14.2 Å². The van der Waals surface area contributed by atoms with Crippen molar-refractivity contribution in [1.82, 2.24) is 10.3 Å². The standard InChI is InChI=1S/C27H29N3O5/c1-17-5-6-18(2)23(11-17)35-25-10-7-19(14-28-25)15-29-27(32)20-12-26(31)30(16-20)21-8-9-22(33-3)24(13-21)34-4/h5-11,13-14,20H,12,15-16H2,1-4H3,(H,29,32). The van der Waals surface area contributed by atoms with Crippen molar-refractivity contribution in [3.05, 3.63) is 71.4 Å². The minimum absolute atomic E-state index is 0.105. The third-order valence-corrected chi connectivity index (χ3v) is 6.00. The molecule has 0 radical (unpaired) electrons. The lowest BCUT2D eigenvalue weighted by Crippen LogP contribution is -2.32. The van der Waals surface area contributed by atoms with Crippen LogP contribution >= 0.6 is 0 Å². The van der Waals surface area contributed by atoms with Crippen LogP contribution in [0, 0.1) is 19.8 Å². The van der Waals surface area contributed by atoms with Crippen molar-refractivity contribution in [3.8, 4) is 23.1 Å². The molecule has 1 aromatic heterocycles. The van der Waals surface area contributed by atoms with Crippen LogP contribution in [0.2, 0.25) is 0 Å². The number of aromatic nitrogens is 1. The Balaban J connectivity index is 1.33. The number of amides is 2. The minimum Gasteiger partial charge on any atom is -0.493 e. The van der Waals surface area contributed by atoms with Crippen molar-refractivity contribution in [3.63, 3.8) is 0 Å². The fourth-order valence-corrected chi connectivity index (χ4v) is 3.96. The van der Waals surface area contributed by atoms with Crippen LogP contribution in [0.4, 0.5) is 5.69 Å². The van der Waals surface area contributed by atoms with Gasteiger partial charge in [0.15, 0.2) is 11.5 Å². The third-order valence-electron chi connectivity index (χ3n) is 6.00. The summed E-state index contributed by atoms with van der Waals surface area (Å²) in [6, 6.07) is 14.9. The van der Waals surface area contributed by atoms with Crippen LogP contribution in [0.1, 0.15) is 23.1 Å². The van der Waals surface area contributed by atoms with Crippen LogP contribution in [0.25, 0.3) is 0 Å². The van der Waals surface area contributed by atoms with Crippen LogP contribution in [0.15, 0.2) is 54.7 Å². The summed E-state index contributed by atoms with van der Waals surface area (Å²) in [5.74, 6) is 1.66. The number of carbonyl (C=O) groups excluding carboxylic acids is 2. The Kier molecular flexibility index (Phi) is 7.19. The van der Waals surface area contributed by atoms with Gasteiger partial charge in [0.25, 0.3) is 0 Å². The maximum atomic E-state index is 12.8. The first-order valence-electron chi connectivity index (χ1n) is 11.4. The van der Waals surface area contributed by atoms with E-state index < -0.39 is 5.92 Å². The molecule has 2 heterocycles. The molecule has 0 spiro atoms. The number of rotatable bonds is 8. The van der Waals surface area contributed by atoms with Gasteiger partial charge in [0.05, 0.1) is 20.1 Å². The number of nitrogens with one attached hydrogen (secondary N) is 1. The lowest BCUT2D eigenvalue weighted by Gasteiger charge is -2.18. The first-order chi connectivity index (χ1) is 16.9. The molecule has 1 atom stereocenters. The van der Waals surface area contributed by atoms with Gasteiger partial charge in [-0.05, 0) is 48.7 Å². The summed E-state index contributed by atoms with van der Waals surface area (Å²) < 4.78 is 16.5. The second-order valence-electron chi connectivity index (χ2n) is 8.54. The topological polar surface area (TPSA) is 90.0 Å². The SMILES string of the molecule is COc1ccc(N2CC(C(=O)NCc3ccc(Oc4cc(C)ccc4C)nc3)CC2=O)cc1OC. The number of carbonyl (C=O) groups is 2. The molecule has 8 nitrogen and oxygen atoms in total. The first-order valence-corrected chi connectivity index (χ1v) is 11.4. The van der Waals surface area contributed by atoms with Gasteiger partial charge in [-0.2, -0.15) is 0 Å². The van der Waals surface area contributed by atoms with Gasteiger partial charge in [-0.3, -0.25) is 9.59 Å². The molecule has 4 rings (SSSR count). The van der Waals surface area contributed by atoms with Crippen LogP contribution in [0.3, 0.4) is 0 Å². The Morgan fingerprint density at radius 2 is 1.83 bits per heavy atom. The van der Waals surface area contributed by atoms with Gasteiger partial charge in [0.1, 0.15) is 5.75 Å². The van der Waals surface area contributed by atoms with Crippen molar-refractivity contribution in [2.75, 3.05) is 25.7 Å². The van der Waals surface area contributed by atoms with E-state index in [9.17, 15) is 9.59 Å². The zero-order valence-corrected chi connectivity index (χ0v) is 20.3. The van der Waals surface area contributed by atoms with Crippen molar-refractivity contribution in [2.45, 2.75) is 26.8 Å². The molecular formula is C27H29N3O5. The van der Waals surface area contributed by atoms with Crippen LogP contribution < -0.4 is 24.4 Å². The molecule has 2 aromatic carbocycles. The second kappa shape index (κ2) is 10.5. The molecule has 1 N–H and O–H groups in total. The normalized spacial score (nSPS) is 15.1. The third kappa shape index (κ3) is 5.54. The molecule has 1 fully saturated rings. The Labute approximate surface area is 204 Å². The lowest BCUT2D eigenvalue weighted by atomic mass is 10.1. The number of methoxy groups -OCH3 is 2. The highest BCUT2D eigenvalue weighted by molar-refractivity contribution is 6.00. The summed E-state index contributed by atoms with van der Waals surface area (Å²) in [6.07, 6.45) is 1.83. The number of pyridine rings is 1. The largest absolute Gasteiger partial charge is 0.493 e. The number of nitrogens with zero attached hydrogens (tertiary/aromatic N) is 2. The van der Waals surface area contributed by atoms with Crippen LogP contribution in [0.5, 0.6) is 23.1 Å². The van der Waals surface area contributed by atoms with Gasteiger partial charge in [-0.25, -0.2) is 4.98 Å². The molecule has 8 heteroatoms. The fourth-order valence-electron chi connectivity index (χ4n) is 3.96. The smallest absolute Gasteiger partial charge is 0.227 e. The fraction of sp³-hybridized carbons (Fsp3) is 0.296. The number of hydrogen-bond donors (Lipinski definition) is 1. The first kappa shape index (κ1) is 24.1. The summed E-state index contributed by atoms with van der Waals surface area (Å²) in [5, 5.41) is 2.92. The quantitative estimate of drug-likeness (QED) is 0.526. The van der Waals surface area contributed by atoms with Crippen molar-refractivity contribution in [2.24, 2.45) is 5.92 Å². The van der Waals surface area contributed by atoms with Crippen LogP contribution in [-0.2, 0) is 16.1 Å². The van der Waals surface area contributed by atoms with E-state index in [0.29, 0.717) is 36.2 Å². The number of aryl methyl sites for hydroxylation is 2. The van der Waals surface area contributed by atoms with Gasteiger partial charge in [0.2, 0.25) is 17.7 Å². The van der Waals surface area contributed by atoms with Gasteiger partial charge >= 0.3 is 0 Å². The monoisotopic (exact) mass is 475 g/mol. The number of hydrogen-bond acceptors (Lipinski definition) is 6. The summed E-state index contributed by atoms with van der Waals surface area (Å²) in [4.78, 5) is 31.3. The molecule has 1 saturated heterocycles. The Hall–Kier alpha value is -4.07. The zero-order valence-electron chi connectivity index (χ0n) is 20.3. The molecule has 0 bridgehead atoms. The van der Waals surface area contributed by atoms with E-state index in [0.717, 1.165) is 22.4 Å². The second-order valence-corrected chi connectivity index (χ2v) is 8.54. The maximum Gasteiger partial charge on any atom is 0.227 e. The van der Waals surface area contributed by atoms with E-state index in [1.165, 1.54) is 0 Å². The van der Waals surface area contributed by atoms with Crippen molar-refractivity contribution in [1.29, 1.82) is 0 Å². The molecule has 1 aliphatic rings. The zero-order chi connectivity index (χ0) is 24.9.